The molecule has 0 aliphatic rings. The second kappa shape index (κ2) is 6.32. The molecule has 1 rings (SSSR count). The quantitative estimate of drug-likeness (QED) is 0.825. The van der Waals surface area contributed by atoms with Gasteiger partial charge in [-0.15, -0.1) is 0 Å². The van der Waals surface area contributed by atoms with Crippen molar-refractivity contribution in [2.75, 3.05) is 0 Å². The Morgan fingerprint density at radius 3 is 2.16 bits per heavy atom. The number of ketones is 1. The number of carboxylic acid groups (broad SMARTS) is 1. The lowest BCUT2D eigenvalue weighted by Crippen LogP contribution is -2.10. The molecule has 3 heteroatoms. The minimum absolute atomic E-state index is 0.0475. The number of carboxylic acids is 1. The van der Waals surface area contributed by atoms with Crippen molar-refractivity contribution in [2.24, 2.45) is 0 Å². The van der Waals surface area contributed by atoms with Crippen LogP contribution in [0.3, 0.4) is 0 Å². The van der Waals surface area contributed by atoms with E-state index in [1.807, 2.05) is 24.3 Å². The summed E-state index contributed by atoms with van der Waals surface area (Å²) in [6.45, 7) is 6.44. The highest BCUT2D eigenvalue weighted by molar-refractivity contribution is 5.95. The van der Waals surface area contributed by atoms with Crippen molar-refractivity contribution in [2.45, 2.75) is 39.0 Å². The first-order chi connectivity index (χ1) is 8.79. The maximum Gasteiger partial charge on any atom is 0.303 e. The number of carbonyl (C=O) groups is 2. The number of rotatable bonds is 5. The molecule has 0 fully saturated rings. The lowest BCUT2D eigenvalue weighted by Gasteiger charge is -2.18. The van der Waals surface area contributed by atoms with Crippen molar-refractivity contribution in [1.29, 1.82) is 0 Å². The lowest BCUT2D eigenvalue weighted by molar-refractivity contribution is -0.138. The number of hydrogen-bond donors (Lipinski definition) is 1. The summed E-state index contributed by atoms with van der Waals surface area (Å²) in [4.78, 5) is 21.7. The average molecular weight is 260 g/mol. The highest BCUT2D eigenvalue weighted by Crippen LogP contribution is 2.22. The van der Waals surface area contributed by atoms with Crippen molar-refractivity contribution in [3.8, 4) is 0 Å². The number of hydrogen-bond acceptors (Lipinski definition) is 2. The molecule has 0 aliphatic heterocycles. The molecule has 1 aromatic rings. The average Bonchev–Trinajstić information content (AvgIpc) is 2.33. The molecule has 0 aromatic heterocycles. The molecule has 0 radical (unpaired) electrons. The minimum Gasteiger partial charge on any atom is -0.481 e. The first kappa shape index (κ1) is 15.2. The predicted octanol–water partition coefficient (Wildman–Crippen LogP) is 3.43. The van der Waals surface area contributed by atoms with Crippen LogP contribution in [-0.4, -0.2) is 16.9 Å². The van der Waals surface area contributed by atoms with Crippen molar-refractivity contribution in [3.63, 3.8) is 0 Å². The second-order valence-corrected chi connectivity index (χ2v) is 5.57. The summed E-state index contributed by atoms with van der Waals surface area (Å²) in [5.74, 6) is -1.11. The van der Waals surface area contributed by atoms with E-state index >= 15 is 0 Å². The zero-order valence-electron chi connectivity index (χ0n) is 11.6. The summed E-state index contributed by atoms with van der Waals surface area (Å²) < 4.78 is 0. The van der Waals surface area contributed by atoms with Crippen LogP contribution < -0.4 is 0 Å². The largest absolute Gasteiger partial charge is 0.481 e. The van der Waals surface area contributed by atoms with Gasteiger partial charge < -0.3 is 5.11 Å². The van der Waals surface area contributed by atoms with Crippen LogP contribution >= 0.6 is 0 Å². The van der Waals surface area contributed by atoms with E-state index in [9.17, 15) is 9.59 Å². The topological polar surface area (TPSA) is 54.4 Å². The normalized spacial score (nSPS) is 11.7. The lowest BCUT2D eigenvalue weighted by atomic mass is 9.87. The van der Waals surface area contributed by atoms with E-state index in [2.05, 4.69) is 20.8 Å². The van der Waals surface area contributed by atoms with Gasteiger partial charge in [-0.3, -0.25) is 9.59 Å². The summed E-state index contributed by atoms with van der Waals surface area (Å²) in [7, 11) is 0. The van der Waals surface area contributed by atoms with E-state index in [1.54, 1.807) is 6.08 Å². The van der Waals surface area contributed by atoms with Crippen LogP contribution in [0.5, 0.6) is 0 Å². The minimum atomic E-state index is -0.948. The van der Waals surface area contributed by atoms with Gasteiger partial charge in [-0.05, 0) is 22.6 Å². The third kappa shape index (κ3) is 5.51. The van der Waals surface area contributed by atoms with E-state index in [0.29, 0.717) is 0 Å². The zero-order chi connectivity index (χ0) is 14.5. The smallest absolute Gasteiger partial charge is 0.303 e. The number of allylic oxidation sites excluding steroid dienone is 1. The highest BCUT2D eigenvalue weighted by atomic mass is 16.4. The molecule has 3 nitrogen and oxygen atoms in total. The van der Waals surface area contributed by atoms with Crippen molar-refractivity contribution in [1.82, 2.24) is 0 Å². The Bertz CT molecular complexity index is 476. The Kier molecular flexibility index (Phi) is 5.04. The fraction of sp³-hybridized carbons (Fsp3) is 0.375. The van der Waals surface area contributed by atoms with E-state index in [0.717, 1.165) is 5.56 Å². The van der Waals surface area contributed by atoms with Crippen LogP contribution in [0.1, 0.15) is 44.7 Å². The first-order valence-corrected chi connectivity index (χ1v) is 6.32. The van der Waals surface area contributed by atoms with Crippen LogP contribution in [0.4, 0.5) is 0 Å². The third-order valence-corrected chi connectivity index (χ3v) is 2.82. The van der Waals surface area contributed by atoms with Crippen molar-refractivity contribution < 1.29 is 14.7 Å². The second-order valence-electron chi connectivity index (χ2n) is 5.57. The predicted molar refractivity (Wildman–Crippen MR) is 76.1 cm³/mol. The Morgan fingerprint density at radius 1 is 1.11 bits per heavy atom. The molecular formula is C16H20O3. The molecule has 0 atom stereocenters. The van der Waals surface area contributed by atoms with Crippen molar-refractivity contribution >= 4 is 17.8 Å². The molecule has 1 aromatic carbocycles. The molecule has 0 amide bonds. The third-order valence-electron chi connectivity index (χ3n) is 2.82. The Labute approximate surface area is 114 Å². The van der Waals surface area contributed by atoms with Crippen LogP contribution in [-0.2, 0) is 15.0 Å². The molecule has 0 bridgehead atoms. The van der Waals surface area contributed by atoms with Gasteiger partial charge in [0.1, 0.15) is 0 Å². The molecule has 1 N–H and O–H groups in total. The summed E-state index contributed by atoms with van der Waals surface area (Å²) >= 11 is 0. The molecule has 0 unspecified atom stereocenters. The van der Waals surface area contributed by atoms with Gasteiger partial charge in [0.25, 0.3) is 0 Å². The van der Waals surface area contributed by atoms with E-state index in [4.69, 9.17) is 5.11 Å². The van der Waals surface area contributed by atoms with Gasteiger partial charge in [-0.2, -0.15) is 0 Å². The summed E-state index contributed by atoms with van der Waals surface area (Å²) in [6.07, 6.45) is 3.09. The van der Waals surface area contributed by atoms with Crippen LogP contribution in [0.2, 0.25) is 0 Å². The standard InChI is InChI=1S/C16H20O3/c1-16(2,3)13-7-4-12(5-8-13)6-9-14(17)10-11-15(18)19/h4-9H,10-11H2,1-3H3,(H,18,19)/b9-6-. The SMILES string of the molecule is CC(C)(C)c1ccc(/C=C\C(=O)CCC(=O)O)cc1. The molecule has 19 heavy (non-hydrogen) atoms. The summed E-state index contributed by atoms with van der Waals surface area (Å²) in [5.41, 5.74) is 2.29. The van der Waals surface area contributed by atoms with Gasteiger partial charge >= 0.3 is 5.97 Å². The molecule has 0 saturated carbocycles. The number of aliphatic carboxylic acids is 1. The Balaban J connectivity index is 2.63. The first-order valence-electron chi connectivity index (χ1n) is 6.32. The molecule has 0 spiro atoms. The van der Waals surface area contributed by atoms with Gasteiger partial charge in [-0.25, -0.2) is 0 Å². The molecule has 102 valence electrons. The maximum atomic E-state index is 11.4. The molecular weight excluding hydrogens is 240 g/mol. The monoisotopic (exact) mass is 260 g/mol. The van der Waals surface area contributed by atoms with Crippen molar-refractivity contribution in [3.05, 3.63) is 41.5 Å². The highest BCUT2D eigenvalue weighted by Gasteiger charge is 2.12. The zero-order valence-corrected chi connectivity index (χ0v) is 11.6. The van der Waals surface area contributed by atoms with Crippen LogP contribution in [0, 0.1) is 0 Å². The summed E-state index contributed by atoms with van der Waals surface area (Å²) in [6, 6.07) is 8.01. The van der Waals surface area contributed by atoms with E-state index in [1.165, 1.54) is 11.6 Å². The Hall–Kier alpha value is -1.90. The van der Waals surface area contributed by atoms with Gasteiger partial charge in [0, 0.05) is 6.42 Å². The van der Waals surface area contributed by atoms with E-state index < -0.39 is 5.97 Å². The molecule has 0 aliphatic carbocycles. The number of benzene rings is 1. The van der Waals surface area contributed by atoms with Crippen LogP contribution in [0.25, 0.3) is 6.08 Å². The van der Waals surface area contributed by atoms with Gasteiger partial charge in [0.15, 0.2) is 5.78 Å². The maximum absolute atomic E-state index is 11.4. The Morgan fingerprint density at radius 2 is 1.68 bits per heavy atom. The van der Waals surface area contributed by atoms with E-state index in [-0.39, 0.29) is 24.0 Å². The van der Waals surface area contributed by atoms with Gasteiger partial charge in [0.2, 0.25) is 0 Å². The molecule has 0 saturated heterocycles. The van der Waals surface area contributed by atoms with Crippen LogP contribution in [0.15, 0.2) is 30.3 Å². The molecule has 0 heterocycles. The van der Waals surface area contributed by atoms with Gasteiger partial charge in [-0.1, -0.05) is 51.1 Å². The summed E-state index contributed by atoms with van der Waals surface area (Å²) in [5, 5.41) is 8.48. The van der Waals surface area contributed by atoms with Gasteiger partial charge in [0.05, 0.1) is 6.42 Å². The number of carbonyl (C=O) groups excluding carboxylic acids is 1. The fourth-order valence-electron chi connectivity index (χ4n) is 1.60. The fourth-order valence-corrected chi connectivity index (χ4v) is 1.60.